The van der Waals surface area contributed by atoms with Crippen LogP contribution in [0.5, 0.6) is 0 Å². The fraction of sp³-hybridized carbons (Fsp3) is 0.304. The lowest BCUT2D eigenvalue weighted by molar-refractivity contribution is 0.0527. The van der Waals surface area contributed by atoms with Crippen LogP contribution in [0.15, 0.2) is 48.8 Å². The second kappa shape index (κ2) is 10.8. The molecule has 1 fully saturated rings. The molecule has 1 saturated heterocycles. The molecule has 0 aliphatic carbocycles. The Kier molecular flexibility index (Phi) is 7.43. The number of urea groups is 1. The van der Waals surface area contributed by atoms with Crippen LogP contribution in [-0.4, -0.2) is 50.5 Å². The van der Waals surface area contributed by atoms with Gasteiger partial charge in [-0.05, 0) is 49.9 Å². The first-order valence-corrected chi connectivity index (χ1v) is 11.7. The summed E-state index contributed by atoms with van der Waals surface area (Å²) in [6, 6.07) is 9.89. The predicted octanol–water partition coefficient (Wildman–Crippen LogP) is 4.12. The highest BCUT2D eigenvalue weighted by molar-refractivity contribution is 7.10. The van der Waals surface area contributed by atoms with Crippen LogP contribution in [0.3, 0.4) is 0 Å². The van der Waals surface area contributed by atoms with Crippen molar-refractivity contribution < 1.29 is 19.1 Å². The molecule has 1 aliphatic heterocycles. The van der Waals surface area contributed by atoms with Crippen molar-refractivity contribution in [3.8, 4) is 0 Å². The molecule has 176 valence electrons. The number of aromatic nitrogens is 3. The van der Waals surface area contributed by atoms with Gasteiger partial charge in [0.15, 0.2) is 10.7 Å². The van der Waals surface area contributed by atoms with Crippen LogP contribution >= 0.6 is 11.5 Å². The molecule has 34 heavy (non-hydrogen) atoms. The van der Waals surface area contributed by atoms with E-state index in [1.165, 1.54) is 0 Å². The summed E-state index contributed by atoms with van der Waals surface area (Å²) in [6.45, 7) is 2.51. The minimum absolute atomic E-state index is 0.0352. The molecule has 0 spiro atoms. The third-order valence-corrected chi connectivity index (χ3v) is 6.07. The SMILES string of the molecule is CCOC(=O)c1ccccc1NC(=O)c1nnsc1NC(=O)N1CCCC[C@@H]1c1cccnc1. The molecule has 1 aromatic carbocycles. The maximum atomic E-state index is 13.2. The van der Waals surface area contributed by atoms with E-state index in [0.717, 1.165) is 36.4 Å². The Hall–Kier alpha value is -3.86. The maximum Gasteiger partial charge on any atom is 0.340 e. The van der Waals surface area contributed by atoms with Gasteiger partial charge in [-0.25, -0.2) is 9.59 Å². The van der Waals surface area contributed by atoms with Crippen molar-refractivity contribution in [2.45, 2.75) is 32.2 Å². The first-order valence-electron chi connectivity index (χ1n) is 11.0. The molecule has 3 aromatic rings. The van der Waals surface area contributed by atoms with Crippen LogP contribution < -0.4 is 10.6 Å². The fourth-order valence-electron chi connectivity index (χ4n) is 3.84. The Bertz CT molecular complexity index is 1170. The Morgan fingerprint density at radius 2 is 2.00 bits per heavy atom. The minimum atomic E-state index is -0.594. The number of esters is 1. The number of pyridine rings is 1. The van der Waals surface area contributed by atoms with Gasteiger partial charge in [0.2, 0.25) is 0 Å². The maximum absolute atomic E-state index is 13.2. The minimum Gasteiger partial charge on any atom is -0.462 e. The van der Waals surface area contributed by atoms with Crippen molar-refractivity contribution in [1.29, 1.82) is 0 Å². The zero-order chi connectivity index (χ0) is 23.9. The van der Waals surface area contributed by atoms with E-state index < -0.39 is 11.9 Å². The fourth-order valence-corrected chi connectivity index (χ4v) is 4.40. The van der Waals surface area contributed by atoms with Crippen molar-refractivity contribution in [3.63, 3.8) is 0 Å². The van der Waals surface area contributed by atoms with Gasteiger partial charge < -0.3 is 15.0 Å². The van der Waals surface area contributed by atoms with Gasteiger partial charge in [0.1, 0.15) is 0 Å². The molecule has 4 rings (SSSR count). The van der Waals surface area contributed by atoms with Crippen molar-refractivity contribution in [1.82, 2.24) is 19.5 Å². The van der Waals surface area contributed by atoms with Gasteiger partial charge >= 0.3 is 12.0 Å². The zero-order valence-electron chi connectivity index (χ0n) is 18.6. The van der Waals surface area contributed by atoms with E-state index in [4.69, 9.17) is 4.74 Å². The molecule has 0 saturated carbocycles. The summed E-state index contributed by atoms with van der Waals surface area (Å²) in [5.41, 5.74) is 1.43. The van der Waals surface area contributed by atoms with Crippen LogP contribution in [0.4, 0.5) is 15.5 Å². The van der Waals surface area contributed by atoms with Crippen molar-refractivity contribution in [2.24, 2.45) is 0 Å². The molecule has 1 aliphatic rings. The smallest absolute Gasteiger partial charge is 0.340 e. The largest absolute Gasteiger partial charge is 0.462 e. The summed E-state index contributed by atoms with van der Waals surface area (Å²) < 4.78 is 8.89. The van der Waals surface area contributed by atoms with Crippen molar-refractivity contribution in [3.05, 3.63) is 65.6 Å². The number of para-hydroxylation sites is 1. The number of nitrogens with zero attached hydrogens (tertiary/aromatic N) is 4. The Balaban J connectivity index is 1.49. The first kappa shape index (κ1) is 23.3. The molecule has 2 aromatic heterocycles. The number of hydrogen-bond donors (Lipinski definition) is 2. The van der Waals surface area contributed by atoms with Gasteiger partial charge in [-0.2, -0.15) is 0 Å². The van der Waals surface area contributed by atoms with Crippen LogP contribution in [-0.2, 0) is 4.74 Å². The summed E-state index contributed by atoms with van der Waals surface area (Å²) in [6.07, 6.45) is 6.20. The van der Waals surface area contributed by atoms with Crippen molar-refractivity contribution in [2.75, 3.05) is 23.8 Å². The summed E-state index contributed by atoms with van der Waals surface area (Å²) in [5, 5.41) is 9.59. The molecule has 2 N–H and O–H groups in total. The topological polar surface area (TPSA) is 126 Å². The molecule has 11 heteroatoms. The summed E-state index contributed by atoms with van der Waals surface area (Å²) in [5.74, 6) is -1.14. The first-order chi connectivity index (χ1) is 16.6. The van der Waals surface area contributed by atoms with E-state index in [1.54, 1.807) is 48.5 Å². The zero-order valence-corrected chi connectivity index (χ0v) is 19.4. The van der Waals surface area contributed by atoms with Crippen molar-refractivity contribution >= 4 is 40.1 Å². The van der Waals surface area contributed by atoms with Gasteiger partial charge in [0, 0.05) is 30.5 Å². The standard InChI is InChI=1S/C23H24N6O4S/c1-2-33-22(31)16-9-3-4-10-17(16)25-20(30)19-21(34-28-27-19)26-23(32)29-13-6-5-11-18(29)15-8-7-12-24-14-15/h3-4,7-10,12,14,18H,2,5-6,11,13H2,1H3,(H,25,30)(H,26,32)/t18-/m1/s1. The number of carbonyl (C=O) groups is 3. The number of nitrogens with one attached hydrogen (secondary N) is 2. The number of ether oxygens (including phenoxy) is 1. The van der Waals surface area contributed by atoms with E-state index >= 15 is 0 Å². The van der Waals surface area contributed by atoms with Crippen LogP contribution in [0, 0.1) is 0 Å². The molecule has 1 atom stereocenters. The highest BCUT2D eigenvalue weighted by atomic mass is 32.1. The van der Waals surface area contributed by atoms with Gasteiger partial charge in [-0.3, -0.25) is 15.1 Å². The van der Waals surface area contributed by atoms with E-state index in [2.05, 4.69) is 25.2 Å². The number of benzene rings is 1. The van der Waals surface area contributed by atoms with E-state index in [-0.39, 0.29) is 40.6 Å². The third kappa shape index (κ3) is 5.20. The lowest BCUT2D eigenvalue weighted by atomic mass is 9.97. The number of anilines is 2. The summed E-state index contributed by atoms with van der Waals surface area (Å²) >= 11 is 0.912. The third-order valence-electron chi connectivity index (χ3n) is 5.43. The summed E-state index contributed by atoms with van der Waals surface area (Å²) in [4.78, 5) is 44.2. The second-order valence-corrected chi connectivity index (χ2v) is 8.35. The molecular weight excluding hydrogens is 456 g/mol. The second-order valence-electron chi connectivity index (χ2n) is 7.59. The molecule has 0 unspecified atom stereocenters. The van der Waals surface area contributed by atoms with E-state index in [9.17, 15) is 14.4 Å². The molecule has 10 nitrogen and oxygen atoms in total. The Labute approximate surface area is 200 Å². The van der Waals surface area contributed by atoms with Gasteiger partial charge in [-0.1, -0.05) is 22.7 Å². The number of amides is 3. The van der Waals surface area contributed by atoms with Crippen LogP contribution in [0.1, 0.15) is 58.6 Å². The number of hydrogen-bond acceptors (Lipinski definition) is 8. The van der Waals surface area contributed by atoms with E-state index in [0.29, 0.717) is 6.54 Å². The highest BCUT2D eigenvalue weighted by Gasteiger charge is 2.30. The average Bonchev–Trinajstić information content (AvgIpc) is 3.33. The number of piperidine rings is 1. The predicted molar refractivity (Wildman–Crippen MR) is 127 cm³/mol. The Morgan fingerprint density at radius 3 is 2.79 bits per heavy atom. The number of carbonyl (C=O) groups excluding carboxylic acids is 3. The lowest BCUT2D eigenvalue weighted by Crippen LogP contribution is -2.41. The number of rotatable bonds is 6. The molecule has 3 amide bonds. The summed E-state index contributed by atoms with van der Waals surface area (Å²) in [7, 11) is 0. The Morgan fingerprint density at radius 1 is 1.15 bits per heavy atom. The average molecular weight is 481 g/mol. The number of likely N-dealkylation sites (tertiary alicyclic amines) is 1. The van der Waals surface area contributed by atoms with E-state index in [1.807, 2.05) is 12.1 Å². The monoisotopic (exact) mass is 480 g/mol. The quantitative estimate of drug-likeness (QED) is 0.508. The normalized spacial score (nSPS) is 15.4. The highest BCUT2D eigenvalue weighted by Crippen LogP contribution is 2.31. The van der Waals surface area contributed by atoms with Gasteiger partial charge in [-0.15, -0.1) is 5.10 Å². The lowest BCUT2D eigenvalue weighted by Gasteiger charge is -2.35. The van der Waals surface area contributed by atoms with Gasteiger partial charge in [0.25, 0.3) is 5.91 Å². The van der Waals surface area contributed by atoms with Gasteiger partial charge in [0.05, 0.1) is 23.9 Å². The molecule has 0 bridgehead atoms. The van der Waals surface area contributed by atoms with Crippen LogP contribution in [0.25, 0.3) is 0 Å². The molecular formula is C23H24N6O4S. The molecule has 3 heterocycles. The molecule has 0 radical (unpaired) electrons. The van der Waals surface area contributed by atoms with Crippen LogP contribution in [0.2, 0.25) is 0 Å².